The average Bonchev–Trinajstić information content (AvgIpc) is 2.98. The Morgan fingerprint density at radius 3 is 2.23 bits per heavy atom. The van der Waals surface area contributed by atoms with Gasteiger partial charge in [0.2, 0.25) is 11.8 Å². The van der Waals surface area contributed by atoms with E-state index < -0.39 is 28.5 Å². The normalized spacial score (nSPS) is 12.6. The van der Waals surface area contributed by atoms with E-state index in [-0.39, 0.29) is 34.8 Å². The fourth-order valence-corrected chi connectivity index (χ4v) is 5.53. The lowest BCUT2D eigenvalue weighted by Gasteiger charge is -2.32. The molecule has 1 N–H and O–H groups in total. The summed E-state index contributed by atoms with van der Waals surface area (Å²) in [4.78, 5) is 28.6. The molecule has 0 aliphatic heterocycles. The third-order valence-corrected chi connectivity index (χ3v) is 8.39. The molecule has 0 spiro atoms. The minimum Gasteiger partial charge on any atom is -0.497 e. The minimum absolute atomic E-state index is 0.0237. The molecule has 0 aliphatic carbocycles. The number of hydrogen-bond acceptors (Lipinski definition) is 6. The predicted molar refractivity (Wildman–Crippen MR) is 155 cm³/mol. The van der Waals surface area contributed by atoms with Gasteiger partial charge in [-0.3, -0.25) is 13.9 Å². The molecule has 9 nitrogen and oxygen atoms in total. The van der Waals surface area contributed by atoms with E-state index in [0.717, 1.165) is 16.3 Å². The van der Waals surface area contributed by atoms with Gasteiger partial charge in [0.25, 0.3) is 10.0 Å². The molecule has 214 valence electrons. The maximum atomic E-state index is 14.0. The molecule has 0 unspecified atom stereocenters. The highest BCUT2D eigenvalue weighted by Gasteiger charge is 2.33. The SMILES string of the molecule is CC[C@@H](C)NC(=O)[C@@H](C)N(Cc1cccc(OC)c1)C(=O)CN(c1ccccc1OC)S(=O)(=O)c1ccccc1. The monoisotopic (exact) mass is 567 g/mol. The number of sulfonamides is 1. The zero-order chi connectivity index (χ0) is 29.3. The van der Waals surface area contributed by atoms with E-state index in [4.69, 9.17) is 9.47 Å². The molecule has 0 saturated carbocycles. The summed E-state index contributed by atoms with van der Waals surface area (Å²) in [5.41, 5.74) is 0.936. The lowest BCUT2D eigenvalue weighted by atomic mass is 10.1. The fourth-order valence-electron chi connectivity index (χ4n) is 4.08. The third kappa shape index (κ3) is 7.32. The summed E-state index contributed by atoms with van der Waals surface area (Å²) in [6, 6.07) is 20.7. The highest BCUT2D eigenvalue weighted by Crippen LogP contribution is 2.32. The maximum absolute atomic E-state index is 14.0. The van der Waals surface area contributed by atoms with Crippen LogP contribution in [0.3, 0.4) is 0 Å². The first kappa shape index (κ1) is 30.5. The van der Waals surface area contributed by atoms with Gasteiger partial charge in [0, 0.05) is 12.6 Å². The van der Waals surface area contributed by atoms with Crippen LogP contribution in [0.15, 0.2) is 83.8 Å². The number of nitrogens with zero attached hydrogens (tertiary/aromatic N) is 2. The Hall–Kier alpha value is -4.05. The van der Waals surface area contributed by atoms with Crippen molar-refractivity contribution in [2.24, 2.45) is 0 Å². The molecule has 0 radical (unpaired) electrons. The van der Waals surface area contributed by atoms with Crippen molar-refractivity contribution in [1.82, 2.24) is 10.2 Å². The maximum Gasteiger partial charge on any atom is 0.264 e. The van der Waals surface area contributed by atoms with Crippen LogP contribution in [0.5, 0.6) is 11.5 Å². The minimum atomic E-state index is -4.18. The van der Waals surface area contributed by atoms with Crippen LogP contribution in [0.25, 0.3) is 0 Å². The Balaban J connectivity index is 2.06. The van der Waals surface area contributed by atoms with Gasteiger partial charge < -0.3 is 19.7 Å². The summed E-state index contributed by atoms with van der Waals surface area (Å²) in [6.45, 7) is 4.98. The molecule has 2 amide bonds. The zero-order valence-corrected chi connectivity index (χ0v) is 24.4. The molecule has 40 heavy (non-hydrogen) atoms. The lowest BCUT2D eigenvalue weighted by Crippen LogP contribution is -2.52. The molecule has 0 saturated heterocycles. The second-order valence-corrected chi connectivity index (χ2v) is 11.2. The topological polar surface area (TPSA) is 105 Å². The molecular weight excluding hydrogens is 530 g/mol. The number of amides is 2. The molecule has 0 bridgehead atoms. The summed E-state index contributed by atoms with van der Waals surface area (Å²) in [6.07, 6.45) is 0.721. The van der Waals surface area contributed by atoms with Crippen LogP contribution >= 0.6 is 0 Å². The molecule has 3 rings (SSSR count). The number of anilines is 1. The van der Waals surface area contributed by atoms with E-state index in [1.165, 1.54) is 24.1 Å². The Kier molecular flexibility index (Phi) is 10.6. The number of hydrogen-bond donors (Lipinski definition) is 1. The van der Waals surface area contributed by atoms with Crippen LogP contribution in [0.2, 0.25) is 0 Å². The van der Waals surface area contributed by atoms with E-state index in [1.807, 2.05) is 19.9 Å². The summed E-state index contributed by atoms with van der Waals surface area (Å²) in [5, 5.41) is 2.92. The molecular formula is C30H37N3O6S. The van der Waals surface area contributed by atoms with E-state index in [2.05, 4.69) is 5.32 Å². The zero-order valence-electron chi connectivity index (χ0n) is 23.5. The molecule has 3 aromatic carbocycles. The highest BCUT2D eigenvalue weighted by atomic mass is 32.2. The Morgan fingerprint density at radius 2 is 1.57 bits per heavy atom. The van der Waals surface area contributed by atoms with Crippen molar-refractivity contribution in [2.45, 2.75) is 50.7 Å². The third-order valence-electron chi connectivity index (χ3n) is 6.62. The second kappa shape index (κ2) is 13.8. The van der Waals surface area contributed by atoms with Gasteiger partial charge in [-0.15, -0.1) is 0 Å². The molecule has 0 aromatic heterocycles. The fraction of sp³-hybridized carbons (Fsp3) is 0.333. The van der Waals surface area contributed by atoms with Gasteiger partial charge in [-0.25, -0.2) is 8.42 Å². The van der Waals surface area contributed by atoms with E-state index in [1.54, 1.807) is 74.7 Å². The molecule has 0 heterocycles. The van der Waals surface area contributed by atoms with Crippen LogP contribution in [0.1, 0.15) is 32.8 Å². The van der Waals surface area contributed by atoms with E-state index in [0.29, 0.717) is 5.75 Å². The van der Waals surface area contributed by atoms with E-state index in [9.17, 15) is 18.0 Å². The van der Waals surface area contributed by atoms with Crippen LogP contribution < -0.4 is 19.1 Å². The van der Waals surface area contributed by atoms with Gasteiger partial charge in [-0.2, -0.15) is 0 Å². The van der Waals surface area contributed by atoms with Gasteiger partial charge in [-0.1, -0.05) is 49.4 Å². The number of methoxy groups -OCH3 is 2. The molecule has 2 atom stereocenters. The second-order valence-electron chi connectivity index (χ2n) is 9.36. The first-order valence-corrected chi connectivity index (χ1v) is 14.5. The number of nitrogens with one attached hydrogen (secondary N) is 1. The molecule has 0 fully saturated rings. The van der Waals surface area contributed by atoms with Crippen molar-refractivity contribution < 1.29 is 27.5 Å². The number of ether oxygens (including phenoxy) is 2. The van der Waals surface area contributed by atoms with E-state index >= 15 is 0 Å². The highest BCUT2D eigenvalue weighted by molar-refractivity contribution is 7.92. The van der Waals surface area contributed by atoms with Crippen molar-refractivity contribution in [3.8, 4) is 11.5 Å². The summed E-state index contributed by atoms with van der Waals surface area (Å²) in [5.74, 6) is 0.000939. The van der Waals surface area contributed by atoms with Crippen molar-refractivity contribution in [3.63, 3.8) is 0 Å². The predicted octanol–water partition coefficient (Wildman–Crippen LogP) is 4.23. The van der Waals surface area contributed by atoms with Gasteiger partial charge in [0.1, 0.15) is 24.1 Å². The number of para-hydroxylation sites is 2. The number of carbonyl (C=O) groups excluding carboxylic acids is 2. The van der Waals surface area contributed by atoms with Crippen molar-refractivity contribution >= 4 is 27.5 Å². The number of carbonyl (C=O) groups is 2. The standard InChI is InChI=1S/C30H37N3O6S/c1-6-22(2)31-30(35)23(3)32(20-24-13-12-14-25(19-24)38-4)29(34)21-33(27-17-10-11-18-28(27)39-5)40(36,37)26-15-8-7-9-16-26/h7-19,22-23H,6,20-21H2,1-5H3,(H,31,35)/t22-,23-/m1/s1. The van der Waals surface area contributed by atoms with Crippen molar-refractivity contribution in [2.75, 3.05) is 25.1 Å². The summed E-state index contributed by atoms with van der Waals surface area (Å²) in [7, 11) is -1.20. The summed E-state index contributed by atoms with van der Waals surface area (Å²) >= 11 is 0. The Labute approximate surface area is 236 Å². The largest absolute Gasteiger partial charge is 0.497 e. The Morgan fingerprint density at radius 1 is 0.900 bits per heavy atom. The average molecular weight is 568 g/mol. The number of benzene rings is 3. The van der Waals surface area contributed by atoms with Crippen molar-refractivity contribution in [1.29, 1.82) is 0 Å². The smallest absolute Gasteiger partial charge is 0.264 e. The first-order chi connectivity index (χ1) is 19.1. The van der Waals surface area contributed by atoms with Crippen LogP contribution in [-0.2, 0) is 26.2 Å². The molecule has 3 aromatic rings. The van der Waals surface area contributed by atoms with Gasteiger partial charge in [0.05, 0.1) is 24.8 Å². The first-order valence-electron chi connectivity index (χ1n) is 13.1. The van der Waals surface area contributed by atoms with Gasteiger partial charge in [-0.05, 0) is 62.2 Å². The lowest BCUT2D eigenvalue weighted by molar-refractivity contribution is -0.139. The Bertz CT molecular complexity index is 1400. The molecule has 0 aliphatic rings. The van der Waals surface area contributed by atoms with Gasteiger partial charge in [0.15, 0.2) is 0 Å². The number of rotatable bonds is 13. The van der Waals surface area contributed by atoms with Crippen molar-refractivity contribution in [3.05, 3.63) is 84.4 Å². The van der Waals surface area contributed by atoms with Crippen LogP contribution in [-0.4, -0.2) is 58.0 Å². The van der Waals surface area contributed by atoms with Crippen LogP contribution in [0, 0.1) is 0 Å². The van der Waals surface area contributed by atoms with Crippen LogP contribution in [0.4, 0.5) is 5.69 Å². The summed E-state index contributed by atoms with van der Waals surface area (Å²) < 4.78 is 39.6. The quantitative estimate of drug-likeness (QED) is 0.332. The molecule has 10 heteroatoms. The van der Waals surface area contributed by atoms with Gasteiger partial charge >= 0.3 is 0 Å².